The Balaban J connectivity index is 1.39. The fourth-order valence-electron chi connectivity index (χ4n) is 5.90. The number of carbonyl (C=O) groups is 2. The standard InChI is InChI=1S/C27H43N5O14/c1-11(35)29-20-18(45-17(7-34)23(39)24(20)40)10-42-9-14-16(6-33)46-26(21(22(14)38)30-12(2)36)43-8-13-5-15(37)25(44-13)32-4-3-19(28)31-27(32)41/h3-4,13-18,20-26,33-34,37-40H,5-10H2,1-2H3,(H,29,35)(H,30,36)(H2,28,31,41)/t13-,14+,15-,16+,17+,18-,20-,21+,22-,23+,24+,25+,26+/m0/s1. The first-order chi connectivity index (χ1) is 21.8. The van der Waals surface area contributed by atoms with E-state index in [1.165, 1.54) is 26.1 Å². The largest absolute Gasteiger partial charge is 0.394 e. The Hall–Kier alpha value is -2.82. The van der Waals surface area contributed by atoms with Crippen LogP contribution in [-0.2, 0) is 33.3 Å². The predicted octanol–water partition coefficient (Wildman–Crippen LogP) is -5.31. The van der Waals surface area contributed by atoms with Gasteiger partial charge in [0.25, 0.3) is 0 Å². The van der Waals surface area contributed by atoms with E-state index >= 15 is 0 Å². The molecule has 19 nitrogen and oxygen atoms in total. The predicted molar refractivity (Wildman–Crippen MR) is 152 cm³/mol. The van der Waals surface area contributed by atoms with Crippen LogP contribution in [-0.4, -0.2) is 152 Å². The van der Waals surface area contributed by atoms with Crippen LogP contribution in [0.1, 0.15) is 26.5 Å². The highest BCUT2D eigenvalue weighted by atomic mass is 16.7. The Kier molecular flexibility index (Phi) is 12.4. The number of hydrogen-bond acceptors (Lipinski definition) is 16. The zero-order valence-electron chi connectivity index (χ0n) is 25.3. The number of ether oxygens (including phenoxy) is 5. The van der Waals surface area contributed by atoms with Crippen molar-refractivity contribution in [2.24, 2.45) is 5.92 Å². The monoisotopic (exact) mass is 661 g/mol. The molecule has 0 saturated carbocycles. The summed E-state index contributed by atoms with van der Waals surface area (Å²) < 4.78 is 30.1. The summed E-state index contributed by atoms with van der Waals surface area (Å²) >= 11 is 0. The molecule has 260 valence electrons. The molecule has 1 aromatic rings. The van der Waals surface area contributed by atoms with E-state index in [9.17, 15) is 45.0 Å². The van der Waals surface area contributed by atoms with E-state index in [1.54, 1.807) is 0 Å². The average Bonchev–Trinajstić information content (AvgIpc) is 3.37. The lowest BCUT2D eigenvalue weighted by Gasteiger charge is -2.45. The van der Waals surface area contributed by atoms with Gasteiger partial charge in [-0.1, -0.05) is 0 Å². The summed E-state index contributed by atoms with van der Waals surface area (Å²) in [6.45, 7) is 0.590. The maximum absolute atomic E-state index is 12.2. The topological polar surface area (TPSA) is 287 Å². The number of amides is 2. The second kappa shape index (κ2) is 15.8. The van der Waals surface area contributed by atoms with Gasteiger partial charge < -0.3 is 70.7 Å². The highest BCUT2D eigenvalue weighted by Crippen LogP contribution is 2.31. The van der Waals surface area contributed by atoms with Crippen LogP contribution >= 0.6 is 0 Å². The molecule has 0 aromatic carbocycles. The first-order valence-electron chi connectivity index (χ1n) is 14.8. The number of nitrogens with zero attached hydrogens (tertiary/aromatic N) is 2. The van der Waals surface area contributed by atoms with Crippen molar-refractivity contribution >= 4 is 17.6 Å². The van der Waals surface area contributed by atoms with Crippen molar-refractivity contribution in [1.29, 1.82) is 0 Å². The lowest BCUT2D eigenvalue weighted by molar-refractivity contribution is -0.270. The number of nitrogen functional groups attached to an aromatic ring is 1. The number of aliphatic hydroxyl groups is 6. The molecule has 3 aliphatic rings. The third kappa shape index (κ3) is 8.36. The van der Waals surface area contributed by atoms with Gasteiger partial charge in [0.05, 0.1) is 57.4 Å². The normalized spacial score (nSPS) is 38.0. The molecule has 10 N–H and O–H groups in total. The van der Waals surface area contributed by atoms with E-state index in [0.29, 0.717) is 0 Å². The summed E-state index contributed by atoms with van der Waals surface area (Å²) in [5.41, 5.74) is 4.82. The smallest absolute Gasteiger partial charge is 0.351 e. The molecule has 13 atom stereocenters. The van der Waals surface area contributed by atoms with Crippen LogP contribution < -0.4 is 22.1 Å². The minimum atomic E-state index is -1.47. The molecular weight excluding hydrogens is 618 g/mol. The van der Waals surface area contributed by atoms with Gasteiger partial charge in [0.15, 0.2) is 12.5 Å². The molecule has 0 bridgehead atoms. The number of aromatic nitrogens is 2. The minimum absolute atomic E-state index is 0.0123. The minimum Gasteiger partial charge on any atom is -0.394 e. The summed E-state index contributed by atoms with van der Waals surface area (Å²) in [7, 11) is 0. The van der Waals surface area contributed by atoms with E-state index in [2.05, 4.69) is 15.6 Å². The maximum Gasteiger partial charge on any atom is 0.351 e. The second-order valence-electron chi connectivity index (χ2n) is 11.6. The van der Waals surface area contributed by atoms with Crippen molar-refractivity contribution in [2.45, 2.75) is 93.7 Å². The fraction of sp³-hybridized carbons (Fsp3) is 0.778. The Labute approximate surface area is 263 Å². The van der Waals surface area contributed by atoms with E-state index < -0.39 is 110 Å². The highest BCUT2D eigenvalue weighted by Gasteiger charge is 2.48. The molecule has 0 unspecified atom stereocenters. The number of hydrogen-bond donors (Lipinski definition) is 9. The van der Waals surface area contributed by atoms with E-state index in [0.717, 1.165) is 4.57 Å². The third-order valence-electron chi connectivity index (χ3n) is 8.16. The number of rotatable bonds is 12. The quantitative estimate of drug-likeness (QED) is 0.101. The van der Waals surface area contributed by atoms with Gasteiger partial charge >= 0.3 is 5.69 Å². The molecule has 3 saturated heterocycles. The lowest BCUT2D eigenvalue weighted by atomic mass is 9.88. The summed E-state index contributed by atoms with van der Waals surface area (Å²) in [6.07, 6.45) is -10.2. The van der Waals surface area contributed by atoms with Gasteiger partial charge in [0, 0.05) is 32.4 Å². The van der Waals surface area contributed by atoms with Crippen molar-refractivity contribution < 1.29 is 63.9 Å². The molecule has 2 amide bonds. The Morgan fingerprint density at radius 3 is 2.24 bits per heavy atom. The SMILES string of the molecule is CC(=O)N[C@@H]1[C@@H](O)[C@H](O)[C@@H](CO)O[C@H]1COC[C@H]1[C@H](O)[C@@H](NC(C)=O)[C@H](OC[C@@H]2C[C@H](O)[C@H](n3ccc(N)nc3=O)O2)O[C@@H]1CO. The molecule has 0 spiro atoms. The van der Waals surface area contributed by atoms with E-state index in [1.807, 2.05) is 0 Å². The van der Waals surface area contributed by atoms with Crippen molar-refractivity contribution in [3.05, 3.63) is 22.7 Å². The molecule has 0 aliphatic carbocycles. The maximum atomic E-state index is 12.2. The molecule has 4 heterocycles. The van der Waals surface area contributed by atoms with Crippen LogP contribution in [0.2, 0.25) is 0 Å². The van der Waals surface area contributed by atoms with Crippen molar-refractivity contribution in [3.8, 4) is 0 Å². The van der Waals surface area contributed by atoms with Gasteiger partial charge in [-0.05, 0) is 6.07 Å². The summed E-state index contributed by atoms with van der Waals surface area (Å²) in [6, 6.07) is -0.824. The first-order valence-corrected chi connectivity index (χ1v) is 14.8. The Bertz CT molecular complexity index is 1240. The van der Waals surface area contributed by atoms with Gasteiger partial charge in [-0.25, -0.2) is 4.79 Å². The number of aliphatic hydroxyl groups excluding tert-OH is 6. The van der Waals surface area contributed by atoms with Crippen LogP contribution in [0.3, 0.4) is 0 Å². The number of anilines is 1. The molecule has 19 heteroatoms. The molecule has 4 rings (SSSR count). The van der Waals surface area contributed by atoms with E-state index in [4.69, 9.17) is 29.4 Å². The Morgan fingerprint density at radius 2 is 1.61 bits per heavy atom. The van der Waals surface area contributed by atoms with Crippen LogP contribution in [0.25, 0.3) is 0 Å². The van der Waals surface area contributed by atoms with Crippen LogP contribution in [0.4, 0.5) is 5.82 Å². The van der Waals surface area contributed by atoms with Crippen LogP contribution in [0.5, 0.6) is 0 Å². The summed E-state index contributed by atoms with van der Waals surface area (Å²) in [4.78, 5) is 39.6. The molecule has 1 aromatic heterocycles. The van der Waals surface area contributed by atoms with Gasteiger partial charge in [-0.15, -0.1) is 0 Å². The van der Waals surface area contributed by atoms with Crippen molar-refractivity contribution in [1.82, 2.24) is 20.2 Å². The first kappa shape index (κ1) is 36.0. The molecule has 3 fully saturated rings. The van der Waals surface area contributed by atoms with Gasteiger partial charge in [0.2, 0.25) is 11.8 Å². The number of nitrogens with one attached hydrogen (secondary N) is 2. The zero-order valence-corrected chi connectivity index (χ0v) is 25.3. The summed E-state index contributed by atoms with van der Waals surface area (Å²) in [5, 5.41) is 67.3. The van der Waals surface area contributed by atoms with Crippen molar-refractivity contribution in [3.63, 3.8) is 0 Å². The molecular formula is C27H43N5O14. The average molecular weight is 662 g/mol. The Morgan fingerprint density at radius 1 is 0.935 bits per heavy atom. The summed E-state index contributed by atoms with van der Waals surface area (Å²) in [5.74, 6) is -1.91. The van der Waals surface area contributed by atoms with E-state index in [-0.39, 0.29) is 32.1 Å². The van der Waals surface area contributed by atoms with Crippen LogP contribution in [0, 0.1) is 5.92 Å². The lowest BCUT2D eigenvalue weighted by Crippen LogP contribution is -2.65. The molecule has 0 radical (unpaired) electrons. The van der Waals surface area contributed by atoms with Crippen LogP contribution in [0.15, 0.2) is 17.1 Å². The van der Waals surface area contributed by atoms with Crippen molar-refractivity contribution in [2.75, 3.05) is 38.8 Å². The number of nitrogens with two attached hydrogens (primary N) is 1. The second-order valence-corrected chi connectivity index (χ2v) is 11.6. The highest BCUT2D eigenvalue weighted by molar-refractivity contribution is 5.73. The fourth-order valence-corrected chi connectivity index (χ4v) is 5.90. The van der Waals surface area contributed by atoms with Gasteiger partial charge in [-0.2, -0.15) is 4.98 Å². The zero-order chi connectivity index (χ0) is 33.7. The third-order valence-corrected chi connectivity index (χ3v) is 8.16. The van der Waals surface area contributed by atoms with Gasteiger partial charge in [-0.3, -0.25) is 14.2 Å². The number of carbonyl (C=O) groups excluding carboxylic acids is 2. The molecule has 46 heavy (non-hydrogen) atoms. The van der Waals surface area contributed by atoms with Gasteiger partial charge in [0.1, 0.15) is 42.4 Å². The molecule has 3 aliphatic heterocycles.